The van der Waals surface area contributed by atoms with Crippen molar-refractivity contribution in [2.24, 2.45) is 0 Å². The molecule has 8 heteroatoms. The van der Waals surface area contributed by atoms with Crippen LogP contribution in [0.1, 0.15) is 29.3 Å². The number of piperazine rings is 1. The Morgan fingerprint density at radius 2 is 1.69 bits per heavy atom. The fourth-order valence-electron chi connectivity index (χ4n) is 3.32. The summed E-state index contributed by atoms with van der Waals surface area (Å²) in [5, 5.41) is 9.80. The number of hydrogen-bond donors (Lipinski definition) is 1. The molecule has 1 N–H and O–H groups in total. The van der Waals surface area contributed by atoms with Crippen molar-refractivity contribution in [2.75, 3.05) is 26.2 Å². The molecule has 29 heavy (non-hydrogen) atoms. The summed E-state index contributed by atoms with van der Waals surface area (Å²) in [6, 6.07) is 12.9. The molecule has 0 atom stereocenters. The van der Waals surface area contributed by atoms with Crippen LogP contribution in [0.4, 0.5) is 0 Å². The molecule has 1 fully saturated rings. The number of para-hydroxylation sites is 1. The third-order valence-corrected chi connectivity index (χ3v) is 6.96. The summed E-state index contributed by atoms with van der Waals surface area (Å²) >= 11 is 0. The molecular formula is C21H24N2O5S. The van der Waals surface area contributed by atoms with Crippen molar-refractivity contribution >= 4 is 21.7 Å². The van der Waals surface area contributed by atoms with Gasteiger partial charge in [-0.05, 0) is 37.1 Å². The van der Waals surface area contributed by atoms with Crippen LogP contribution in [0.3, 0.4) is 0 Å². The van der Waals surface area contributed by atoms with Crippen molar-refractivity contribution in [1.29, 1.82) is 0 Å². The summed E-state index contributed by atoms with van der Waals surface area (Å²) in [5.41, 5.74) is 1.07. The fourth-order valence-corrected chi connectivity index (χ4v) is 4.79. The van der Waals surface area contributed by atoms with Gasteiger partial charge in [-0.15, -0.1) is 0 Å². The molecule has 0 aliphatic carbocycles. The average Bonchev–Trinajstić information content (AvgIpc) is 2.73. The van der Waals surface area contributed by atoms with E-state index < -0.39 is 10.0 Å². The summed E-state index contributed by atoms with van der Waals surface area (Å²) in [4.78, 5) is 25.7. The highest BCUT2D eigenvalue weighted by Crippen LogP contribution is 2.21. The van der Waals surface area contributed by atoms with Crippen LogP contribution in [0.15, 0.2) is 53.4 Å². The van der Waals surface area contributed by atoms with E-state index in [9.17, 15) is 23.1 Å². The lowest BCUT2D eigenvalue weighted by Crippen LogP contribution is -2.50. The molecule has 1 saturated heterocycles. The van der Waals surface area contributed by atoms with Crippen LogP contribution in [-0.4, -0.2) is 60.6 Å². The molecule has 1 amide bonds. The molecule has 1 heterocycles. The first kappa shape index (κ1) is 21.0. The van der Waals surface area contributed by atoms with Gasteiger partial charge in [0.05, 0.1) is 4.90 Å². The molecule has 0 spiro atoms. The third-order valence-electron chi connectivity index (χ3n) is 5.07. The van der Waals surface area contributed by atoms with Crippen molar-refractivity contribution in [3.8, 4) is 5.75 Å². The Hall–Kier alpha value is -2.71. The van der Waals surface area contributed by atoms with Gasteiger partial charge in [-0.2, -0.15) is 4.31 Å². The van der Waals surface area contributed by atoms with Gasteiger partial charge in [-0.3, -0.25) is 9.59 Å². The molecular weight excluding hydrogens is 392 g/mol. The summed E-state index contributed by atoms with van der Waals surface area (Å²) in [7, 11) is -3.72. The Morgan fingerprint density at radius 3 is 2.34 bits per heavy atom. The maximum atomic E-state index is 12.9. The Bertz CT molecular complexity index is 1010. The van der Waals surface area contributed by atoms with Gasteiger partial charge in [-0.1, -0.05) is 30.3 Å². The number of rotatable bonds is 6. The number of carbonyl (C=O) groups excluding carboxylic acids is 2. The Balaban J connectivity index is 1.59. The first-order valence-corrected chi connectivity index (χ1v) is 10.9. The van der Waals surface area contributed by atoms with E-state index >= 15 is 0 Å². The highest BCUT2D eigenvalue weighted by atomic mass is 32.2. The van der Waals surface area contributed by atoms with E-state index in [1.54, 1.807) is 35.2 Å². The molecule has 0 unspecified atom stereocenters. The van der Waals surface area contributed by atoms with E-state index in [0.29, 0.717) is 30.6 Å². The van der Waals surface area contributed by atoms with E-state index in [4.69, 9.17) is 0 Å². The quantitative estimate of drug-likeness (QED) is 0.728. The maximum absolute atomic E-state index is 12.9. The number of amides is 1. The number of nitrogens with zero attached hydrogens (tertiary/aromatic N) is 2. The largest absolute Gasteiger partial charge is 0.508 e. The van der Waals surface area contributed by atoms with Gasteiger partial charge in [0, 0.05) is 38.2 Å². The van der Waals surface area contributed by atoms with Crippen molar-refractivity contribution in [2.45, 2.75) is 24.7 Å². The zero-order chi connectivity index (χ0) is 21.0. The van der Waals surface area contributed by atoms with Crippen molar-refractivity contribution in [3.63, 3.8) is 0 Å². The normalized spacial score (nSPS) is 15.3. The van der Waals surface area contributed by atoms with E-state index in [1.807, 2.05) is 6.07 Å². The number of Topliss-reactive ketones (excluding diaryl/α,β-unsaturated/α-hetero) is 1. The molecule has 2 aromatic rings. The molecule has 0 aromatic heterocycles. The second kappa shape index (κ2) is 8.75. The van der Waals surface area contributed by atoms with Gasteiger partial charge >= 0.3 is 0 Å². The molecule has 1 aliphatic rings. The first-order valence-electron chi connectivity index (χ1n) is 9.45. The molecule has 154 valence electrons. The Morgan fingerprint density at radius 1 is 1.00 bits per heavy atom. The fraction of sp³-hybridized carbons (Fsp3) is 0.333. The van der Waals surface area contributed by atoms with Crippen molar-refractivity contribution in [3.05, 3.63) is 59.7 Å². The van der Waals surface area contributed by atoms with Crippen LogP contribution in [-0.2, 0) is 21.2 Å². The smallest absolute Gasteiger partial charge is 0.243 e. The van der Waals surface area contributed by atoms with Gasteiger partial charge in [0.25, 0.3) is 0 Å². The number of ketones is 1. The van der Waals surface area contributed by atoms with Crippen LogP contribution in [0, 0.1) is 0 Å². The second-order valence-electron chi connectivity index (χ2n) is 7.00. The molecule has 0 bridgehead atoms. The molecule has 2 aromatic carbocycles. The maximum Gasteiger partial charge on any atom is 0.243 e. The molecule has 3 rings (SSSR count). The van der Waals surface area contributed by atoms with Gasteiger partial charge < -0.3 is 10.0 Å². The number of benzene rings is 2. The predicted octanol–water partition coefficient (Wildman–Crippen LogP) is 2.06. The summed E-state index contributed by atoms with van der Waals surface area (Å²) in [6.07, 6.45) is 0.687. The summed E-state index contributed by atoms with van der Waals surface area (Å²) in [5.74, 6) is -0.0881. The van der Waals surface area contributed by atoms with Gasteiger partial charge in [-0.25, -0.2) is 8.42 Å². The van der Waals surface area contributed by atoms with Crippen LogP contribution in [0.2, 0.25) is 0 Å². The molecule has 0 radical (unpaired) electrons. The SMILES string of the molecule is CC(=O)c1cccc(S(=O)(=O)N2CCN(C(=O)CCc3ccccc3O)CC2)c1. The lowest BCUT2D eigenvalue weighted by molar-refractivity contribution is -0.132. The van der Waals surface area contributed by atoms with Gasteiger partial charge in [0.15, 0.2) is 5.78 Å². The van der Waals surface area contributed by atoms with Crippen LogP contribution >= 0.6 is 0 Å². The number of hydrogen-bond acceptors (Lipinski definition) is 5. The summed E-state index contributed by atoms with van der Waals surface area (Å²) < 4.78 is 27.1. The number of phenolic OH excluding ortho intramolecular Hbond substituents is 1. The van der Waals surface area contributed by atoms with E-state index in [-0.39, 0.29) is 41.8 Å². The van der Waals surface area contributed by atoms with Crippen LogP contribution < -0.4 is 0 Å². The number of sulfonamides is 1. The topological polar surface area (TPSA) is 95.0 Å². The van der Waals surface area contributed by atoms with E-state index in [0.717, 1.165) is 0 Å². The molecule has 1 aliphatic heterocycles. The van der Waals surface area contributed by atoms with E-state index in [1.165, 1.54) is 23.4 Å². The first-order chi connectivity index (χ1) is 13.8. The standard InChI is InChI=1S/C21H24N2O5S/c1-16(24)18-6-4-7-19(15-18)29(27,28)23-13-11-22(12-14-23)21(26)10-9-17-5-2-3-8-20(17)25/h2-8,15,25H,9-14H2,1H3. The third kappa shape index (κ3) is 4.83. The Labute approximate surface area is 170 Å². The lowest BCUT2D eigenvalue weighted by atomic mass is 10.1. The number of aromatic hydroxyl groups is 1. The number of carbonyl (C=O) groups is 2. The average molecular weight is 416 g/mol. The van der Waals surface area contributed by atoms with Crippen molar-refractivity contribution in [1.82, 2.24) is 9.21 Å². The zero-order valence-corrected chi connectivity index (χ0v) is 17.1. The summed E-state index contributed by atoms with van der Waals surface area (Å²) in [6.45, 7) is 2.42. The minimum atomic E-state index is -3.72. The Kier molecular flexibility index (Phi) is 6.34. The van der Waals surface area contributed by atoms with E-state index in [2.05, 4.69) is 0 Å². The van der Waals surface area contributed by atoms with Crippen LogP contribution in [0.5, 0.6) is 5.75 Å². The second-order valence-corrected chi connectivity index (χ2v) is 8.94. The zero-order valence-electron chi connectivity index (χ0n) is 16.2. The van der Waals surface area contributed by atoms with Gasteiger partial charge in [0.2, 0.25) is 15.9 Å². The van der Waals surface area contributed by atoms with Crippen molar-refractivity contribution < 1.29 is 23.1 Å². The minimum Gasteiger partial charge on any atom is -0.508 e. The predicted molar refractivity (Wildman–Crippen MR) is 108 cm³/mol. The number of phenols is 1. The molecule has 7 nitrogen and oxygen atoms in total. The van der Waals surface area contributed by atoms with Gasteiger partial charge in [0.1, 0.15) is 5.75 Å². The highest BCUT2D eigenvalue weighted by Gasteiger charge is 2.30. The van der Waals surface area contributed by atoms with Crippen LogP contribution in [0.25, 0.3) is 0 Å². The lowest BCUT2D eigenvalue weighted by Gasteiger charge is -2.34. The monoisotopic (exact) mass is 416 g/mol. The molecule has 0 saturated carbocycles. The minimum absolute atomic E-state index is 0.0659. The number of aryl methyl sites for hydroxylation is 1. The highest BCUT2D eigenvalue weighted by molar-refractivity contribution is 7.89.